The molecule has 1 aliphatic heterocycles. The van der Waals surface area contributed by atoms with Gasteiger partial charge in [-0.1, -0.05) is 6.07 Å². The highest BCUT2D eigenvalue weighted by atomic mass is 16.5. The molecule has 0 aliphatic carbocycles. The van der Waals surface area contributed by atoms with Gasteiger partial charge in [0.2, 0.25) is 0 Å². The molecule has 1 fully saturated rings. The second-order valence-electron chi connectivity index (χ2n) is 6.74. The molecule has 3 rings (SSSR count). The topological polar surface area (TPSA) is 68.3 Å². The van der Waals surface area contributed by atoms with Crippen molar-refractivity contribution >= 4 is 11.8 Å². The monoisotopic (exact) mass is 398 g/mol. The fourth-order valence-electron chi connectivity index (χ4n) is 3.41. The van der Waals surface area contributed by atoms with Crippen LogP contribution in [-0.4, -0.2) is 69.1 Å². The number of nitrogens with zero attached hydrogens (tertiary/aromatic N) is 2. The van der Waals surface area contributed by atoms with Gasteiger partial charge in [-0.15, -0.1) is 0 Å². The Morgan fingerprint density at radius 3 is 1.93 bits per heavy atom. The van der Waals surface area contributed by atoms with Gasteiger partial charge >= 0.3 is 0 Å². The molecule has 0 unspecified atom stereocenters. The molecule has 0 saturated carbocycles. The van der Waals surface area contributed by atoms with Crippen LogP contribution < -0.4 is 14.2 Å². The van der Waals surface area contributed by atoms with Crippen molar-refractivity contribution in [2.24, 2.45) is 0 Å². The highest BCUT2D eigenvalue weighted by Gasteiger charge is 2.24. The summed E-state index contributed by atoms with van der Waals surface area (Å²) >= 11 is 0. The molecule has 1 aliphatic rings. The standard InChI is InChI=1S/C22H26N2O5/c1-27-18-7-4-6-16(14-18)21(25)23-10-5-11-24(13-12-23)22(26)17-8-9-19(28-2)20(15-17)29-3/h4,6-9,14-15H,5,10-13H2,1-3H3. The van der Waals surface area contributed by atoms with E-state index in [1.165, 1.54) is 0 Å². The molecule has 0 aromatic heterocycles. The van der Waals surface area contributed by atoms with Gasteiger partial charge in [-0.2, -0.15) is 0 Å². The predicted molar refractivity (Wildman–Crippen MR) is 109 cm³/mol. The summed E-state index contributed by atoms with van der Waals surface area (Å²) in [6.45, 7) is 2.15. The lowest BCUT2D eigenvalue weighted by atomic mass is 10.1. The number of carbonyl (C=O) groups is 2. The second kappa shape index (κ2) is 9.32. The molecule has 154 valence electrons. The summed E-state index contributed by atoms with van der Waals surface area (Å²) in [7, 11) is 4.68. The lowest BCUT2D eigenvalue weighted by Crippen LogP contribution is -2.37. The largest absolute Gasteiger partial charge is 0.497 e. The molecule has 0 spiro atoms. The van der Waals surface area contributed by atoms with Crippen molar-refractivity contribution in [2.75, 3.05) is 47.5 Å². The highest BCUT2D eigenvalue weighted by molar-refractivity contribution is 5.96. The third kappa shape index (κ3) is 4.62. The Morgan fingerprint density at radius 2 is 1.34 bits per heavy atom. The first-order chi connectivity index (χ1) is 14.1. The summed E-state index contributed by atoms with van der Waals surface area (Å²) in [5.41, 5.74) is 1.12. The van der Waals surface area contributed by atoms with Crippen molar-refractivity contribution in [1.82, 2.24) is 9.80 Å². The van der Waals surface area contributed by atoms with E-state index in [2.05, 4.69) is 0 Å². The van der Waals surface area contributed by atoms with Crippen molar-refractivity contribution < 1.29 is 23.8 Å². The molecule has 0 radical (unpaired) electrons. The maximum Gasteiger partial charge on any atom is 0.254 e. The molecule has 0 N–H and O–H groups in total. The Balaban J connectivity index is 1.69. The van der Waals surface area contributed by atoms with Crippen LogP contribution in [0.2, 0.25) is 0 Å². The number of methoxy groups -OCH3 is 3. The molecule has 0 bridgehead atoms. The van der Waals surface area contributed by atoms with Gasteiger partial charge in [-0.3, -0.25) is 9.59 Å². The van der Waals surface area contributed by atoms with E-state index in [-0.39, 0.29) is 11.8 Å². The summed E-state index contributed by atoms with van der Waals surface area (Å²) < 4.78 is 15.7. The fraction of sp³-hybridized carbons (Fsp3) is 0.364. The molecule has 0 atom stereocenters. The van der Waals surface area contributed by atoms with Crippen molar-refractivity contribution in [2.45, 2.75) is 6.42 Å². The van der Waals surface area contributed by atoms with E-state index >= 15 is 0 Å². The fourth-order valence-corrected chi connectivity index (χ4v) is 3.41. The first-order valence-corrected chi connectivity index (χ1v) is 9.52. The van der Waals surface area contributed by atoms with Crippen LogP contribution in [0.25, 0.3) is 0 Å². The molecule has 2 amide bonds. The quantitative estimate of drug-likeness (QED) is 0.775. The zero-order valence-electron chi connectivity index (χ0n) is 17.0. The van der Waals surface area contributed by atoms with Crippen molar-refractivity contribution in [3.63, 3.8) is 0 Å². The minimum absolute atomic E-state index is 0.0516. The van der Waals surface area contributed by atoms with Crippen LogP contribution in [-0.2, 0) is 0 Å². The minimum atomic E-state index is -0.0818. The van der Waals surface area contributed by atoms with Gasteiger partial charge < -0.3 is 24.0 Å². The zero-order valence-corrected chi connectivity index (χ0v) is 17.0. The first-order valence-electron chi connectivity index (χ1n) is 9.52. The molecule has 1 heterocycles. The third-order valence-electron chi connectivity index (χ3n) is 5.02. The maximum atomic E-state index is 13.0. The number of ether oxygens (including phenoxy) is 3. The van der Waals surface area contributed by atoms with E-state index < -0.39 is 0 Å². The maximum absolute atomic E-state index is 13.0. The molecule has 2 aromatic carbocycles. The SMILES string of the molecule is COc1cccc(C(=O)N2CCCN(C(=O)c3ccc(OC)c(OC)c3)CC2)c1. The van der Waals surface area contributed by atoms with Gasteiger partial charge in [0.05, 0.1) is 21.3 Å². The molecule has 7 heteroatoms. The molecular weight excluding hydrogens is 372 g/mol. The van der Waals surface area contributed by atoms with Gasteiger partial charge in [0, 0.05) is 37.3 Å². The van der Waals surface area contributed by atoms with E-state index in [1.54, 1.807) is 67.5 Å². The Kier molecular flexibility index (Phi) is 6.59. The Hall–Kier alpha value is -3.22. The van der Waals surface area contributed by atoms with Crippen LogP contribution in [0.3, 0.4) is 0 Å². The van der Waals surface area contributed by atoms with E-state index in [1.807, 2.05) is 6.07 Å². The predicted octanol–water partition coefficient (Wildman–Crippen LogP) is 2.70. The van der Waals surface area contributed by atoms with E-state index in [4.69, 9.17) is 14.2 Å². The van der Waals surface area contributed by atoms with Gasteiger partial charge in [0.1, 0.15) is 5.75 Å². The van der Waals surface area contributed by atoms with Gasteiger partial charge in [-0.05, 0) is 42.8 Å². The number of amides is 2. The minimum Gasteiger partial charge on any atom is -0.497 e. The summed E-state index contributed by atoms with van der Waals surface area (Å²) in [6.07, 6.45) is 0.717. The highest BCUT2D eigenvalue weighted by Crippen LogP contribution is 2.28. The summed E-state index contributed by atoms with van der Waals surface area (Å²) in [5, 5.41) is 0. The first kappa shape index (κ1) is 20.5. The average Bonchev–Trinajstić information content (AvgIpc) is 3.03. The third-order valence-corrected chi connectivity index (χ3v) is 5.02. The van der Waals surface area contributed by atoms with Crippen LogP contribution >= 0.6 is 0 Å². The van der Waals surface area contributed by atoms with Crippen LogP contribution in [0.5, 0.6) is 17.2 Å². The van der Waals surface area contributed by atoms with E-state index in [0.29, 0.717) is 54.6 Å². The van der Waals surface area contributed by atoms with Gasteiger partial charge in [0.15, 0.2) is 11.5 Å². The molecular formula is C22H26N2O5. The average molecular weight is 398 g/mol. The number of carbonyl (C=O) groups excluding carboxylic acids is 2. The molecule has 7 nitrogen and oxygen atoms in total. The molecule has 1 saturated heterocycles. The smallest absolute Gasteiger partial charge is 0.254 e. The summed E-state index contributed by atoms with van der Waals surface area (Å²) in [5.74, 6) is 1.61. The molecule has 2 aromatic rings. The van der Waals surface area contributed by atoms with Crippen LogP contribution in [0, 0.1) is 0 Å². The van der Waals surface area contributed by atoms with E-state index in [0.717, 1.165) is 6.42 Å². The van der Waals surface area contributed by atoms with Crippen LogP contribution in [0.4, 0.5) is 0 Å². The number of hydrogen-bond donors (Lipinski definition) is 0. The lowest BCUT2D eigenvalue weighted by molar-refractivity contribution is 0.0718. The van der Waals surface area contributed by atoms with Crippen LogP contribution in [0.1, 0.15) is 27.1 Å². The number of hydrogen-bond acceptors (Lipinski definition) is 5. The summed E-state index contributed by atoms with van der Waals surface area (Å²) in [6, 6.07) is 12.3. The number of rotatable bonds is 5. The van der Waals surface area contributed by atoms with Gasteiger partial charge in [0.25, 0.3) is 11.8 Å². The van der Waals surface area contributed by atoms with Crippen molar-refractivity contribution in [1.29, 1.82) is 0 Å². The Labute approximate surface area is 170 Å². The second-order valence-corrected chi connectivity index (χ2v) is 6.74. The Bertz CT molecular complexity index is 883. The normalized spacial score (nSPS) is 14.2. The Morgan fingerprint density at radius 1 is 0.724 bits per heavy atom. The van der Waals surface area contributed by atoms with Gasteiger partial charge in [-0.25, -0.2) is 0 Å². The molecule has 29 heavy (non-hydrogen) atoms. The van der Waals surface area contributed by atoms with Crippen LogP contribution in [0.15, 0.2) is 42.5 Å². The lowest BCUT2D eigenvalue weighted by Gasteiger charge is -2.23. The number of benzene rings is 2. The zero-order chi connectivity index (χ0) is 20.8. The van der Waals surface area contributed by atoms with E-state index in [9.17, 15) is 9.59 Å². The van der Waals surface area contributed by atoms with Crippen molar-refractivity contribution in [3.05, 3.63) is 53.6 Å². The summed E-state index contributed by atoms with van der Waals surface area (Å²) in [4.78, 5) is 29.4. The van der Waals surface area contributed by atoms with Crippen molar-refractivity contribution in [3.8, 4) is 17.2 Å².